The highest BCUT2D eigenvalue weighted by molar-refractivity contribution is 6.02. The smallest absolute Gasteiger partial charge is 0.244 e. The molecule has 9 nitrogen and oxygen atoms in total. The number of hydrogen-bond acceptors (Lipinski definition) is 7. The zero-order chi connectivity index (χ0) is 19.5. The van der Waals surface area contributed by atoms with Gasteiger partial charge < -0.3 is 20.9 Å². The van der Waals surface area contributed by atoms with Crippen LogP contribution in [-0.2, 0) is 9.59 Å². The molecule has 2 amide bonds. The molecule has 1 aliphatic rings. The molecule has 0 saturated carbocycles. The van der Waals surface area contributed by atoms with E-state index < -0.39 is 0 Å². The first-order valence-corrected chi connectivity index (χ1v) is 8.58. The van der Waals surface area contributed by atoms with Gasteiger partial charge in [-0.3, -0.25) is 9.59 Å². The number of para-hydroxylation sites is 2. The first-order chi connectivity index (χ1) is 13.6. The number of nitrogens with zero attached hydrogens (tertiary/aromatic N) is 4. The predicted molar refractivity (Wildman–Crippen MR) is 106 cm³/mol. The summed E-state index contributed by atoms with van der Waals surface area (Å²) in [5.74, 6) is 1.14. The van der Waals surface area contributed by atoms with E-state index in [9.17, 15) is 9.59 Å². The lowest BCUT2D eigenvalue weighted by Crippen LogP contribution is -2.35. The number of fused-ring (bicyclic) bond motifs is 1. The molecular weight excluding hydrogens is 358 g/mol. The third-order valence-electron chi connectivity index (χ3n) is 4.01. The van der Waals surface area contributed by atoms with E-state index in [0.717, 1.165) is 11.4 Å². The van der Waals surface area contributed by atoms with Gasteiger partial charge in [0.05, 0.1) is 23.3 Å². The highest BCUT2D eigenvalue weighted by atomic mass is 16.2. The maximum Gasteiger partial charge on any atom is 0.244 e. The highest BCUT2D eigenvalue weighted by Crippen LogP contribution is 2.34. The molecule has 28 heavy (non-hydrogen) atoms. The van der Waals surface area contributed by atoms with Crippen molar-refractivity contribution in [1.82, 2.24) is 15.0 Å². The fourth-order valence-corrected chi connectivity index (χ4v) is 2.85. The van der Waals surface area contributed by atoms with Crippen molar-refractivity contribution in [2.45, 2.75) is 6.92 Å². The number of carbonyl (C=O) groups is 2. The SMILES string of the molecule is CC(=O)Nc1ccc(Nc2nccc(N3CC(=O)Nc4ccccc43)n2)cn1. The normalized spacial score (nSPS) is 12.8. The summed E-state index contributed by atoms with van der Waals surface area (Å²) < 4.78 is 0. The van der Waals surface area contributed by atoms with Gasteiger partial charge >= 0.3 is 0 Å². The quantitative estimate of drug-likeness (QED) is 0.643. The van der Waals surface area contributed by atoms with E-state index in [4.69, 9.17) is 0 Å². The summed E-state index contributed by atoms with van der Waals surface area (Å²) in [5.41, 5.74) is 2.28. The monoisotopic (exact) mass is 375 g/mol. The predicted octanol–water partition coefficient (Wildman–Crippen LogP) is 2.66. The van der Waals surface area contributed by atoms with E-state index in [1.54, 1.807) is 30.6 Å². The molecule has 1 aliphatic heterocycles. The fraction of sp³-hybridized carbons (Fsp3) is 0.105. The van der Waals surface area contributed by atoms with Crippen molar-refractivity contribution in [3.63, 3.8) is 0 Å². The van der Waals surface area contributed by atoms with Crippen LogP contribution in [-0.4, -0.2) is 33.3 Å². The van der Waals surface area contributed by atoms with Gasteiger partial charge in [0.15, 0.2) is 0 Å². The first kappa shape index (κ1) is 17.4. The molecule has 2 aromatic heterocycles. The Balaban J connectivity index is 1.57. The topological polar surface area (TPSA) is 112 Å². The van der Waals surface area contributed by atoms with E-state index in [1.807, 2.05) is 29.2 Å². The summed E-state index contributed by atoms with van der Waals surface area (Å²) in [4.78, 5) is 37.8. The minimum atomic E-state index is -0.185. The molecule has 3 heterocycles. The van der Waals surface area contributed by atoms with E-state index in [-0.39, 0.29) is 18.4 Å². The van der Waals surface area contributed by atoms with Crippen LogP contribution in [0.4, 0.5) is 34.6 Å². The summed E-state index contributed by atoms with van der Waals surface area (Å²) in [6.07, 6.45) is 3.20. The number of pyridine rings is 1. The number of aromatic nitrogens is 3. The van der Waals surface area contributed by atoms with Crippen molar-refractivity contribution in [2.24, 2.45) is 0 Å². The van der Waals surface area contributed by atoms with Crippen molar-refractivity contribution >= 4 is 46.5 Å². The van der Waals surface area contributed by atoms with Crippen LogP contribution in [0.25, 0.3) is 0 Å². The van der Waals surface area contributed by atoms with Gasteiger partial charge in [0.25, 0.3) is 0 Å². The minimum absolute atomic E-state index is 0.107. The standard InChI is InChI=1S/C19H17N7O2/c1-12(27)22-16-7-6-13(10-21-16)23-19-20-9-8-17(25-19)26-11-18(28)24-14-4-2-3-5-15(14)26/h2-10H,11H2,1H3,(H,24,28)(H,20,23,25)(H,21,22,27). The van der Waals surface area contributed by atoms with Gasteiger partial charge in [-0.25, -0.2) is 9.97 Å². The number of carbonyl (C=O) groups excluding carboxylic acids is 2. The molecule has 140 valence electrons. The first-order valence-electron chi connectivity index (χ1n) is 8.58. The Kier molecular flexibility index (Phi) is 4.55. The number of rotatable bonds is 4. The Bertz CT molecular complexity index is 1040. The Morgan fingerprint density at radius 3 is 2.79 bits per heavy atom. The van der Waals surface area contributed by atoms with Crippen LogP contribution >= 0.6 is 0 Å². The van der Waals surface area contributed by atoms with Crippen LogP contribution in [0.2, 0.25) is 0 Å². The molecule has 3 N–H and O–H groups in total. The largest absolute Gasteiger partial charge is 0.323 e. The van der Waals surface area contributed by atoms with Crippen LogP contribution in [0.15, 0.2) is 54.9 Å². The molecule has 0 atom stereocenters. The van der Waals surface area contributed by atoms with Gasteiger partial charge in [-0.15, -0.1) is 0 Å². The maximum atomic E-state index is 12.0. The van der Waals surface area contributed by atoms with E-state index >= 15 is 0 Å². The minimum Gasteiger partial charge on any atom is -0.323 e. The lowest BCUT2D eigenvalue weighted by atomic mass is 10.2. The van der Waals surface area contributed by atoms with Crippen LogP contribution in [0.3, 0.4) is 0 Å². The third kappa shape index (κ3) is 3.73. The third-order valence-corrected chi connectivity index (χ3v) is 4.01. The zero-order valence-electron chi connectivity index (χ0n) is 15.0. The Labute approximate surface area is 160 Å². The zero-order valence-corrected chi connectivity index (χ0v) is 15.0. The maximum absolute atomic E-state index is 12.0. The van der Waals surface area contributed by atoms with Gasteiger partial charge in [-0.1, -0.05) is 12.1 Å². The number of nitrogens with one attached hydrogen (secondary N) is 3. The summed E-state index contributed by atoms with van der Waals surface area (Å²) in [7, 11) is 0. The molecular formula is C19H17N7O2. The second-order valence-corrected chi connectivity index (χ2v) is 6.13. The fourth-order valence-electron chi connectivity index (χ4n) is 2.85. The molecule has 0 bridgehead atoms. The summed E-state index contributed by atoms with van der Waals surface area (Å²) in [5, 5.41) is 8.54. The molecule has 3 aromatic rings. The number of amides is 2. The van der Waals surface area contributed by atoms with Crippen LogP contribution in [0, 0.1) is 0 Å². The number of hydrogen-bond donors (Lipinski definition) is 3. The van der Waals surface area contributed by atoms with Crippen molar-refractivity contribution < 1.29 is 9.59 Å². The van der Waals surface area contributed by atoms with Crippen LogP contribution < -0.4 is 20.9 Å². The average Bonchev–Trinajstić information content (AvgIpc) is 2.68. The average molecular weight is 375 g/mol. The lowest BCUT2D eigenvalue weighted by molar-refractivity contribution is -0.115. The lowest BCUT2D eigenvalue weighted by Gasteiger charge is -2.30. The molecule has 0 saturated heterocycles. The van der Waals surface area contributed by atoms with Crippen molar-refractivity contribution in [2.75, 3.05) is 27.4 Å². The molecule has 0 radical (unpaired) electrons. The highest BCUT2D eigenvalue weighted by Gasteiger charge is 2.23. The van der Waals surface area contributed by atoms with E-state index in [2.05, 4.69) is 30.9 Å². The summed E-state index contributed by atoms with van der Waals surface area (Å²) in [6, 6.07) is 12.7. The van der Waals surface area contributed by atoms with Crippen LogP contribution in [0.5, 0.6) is 0 Å². The summed E-state index contributed by atoms with van der Waals surface area (Å²) in [6.45, 7) is 1.59. The van der Waals surface area contributed by atoms with E-state index in [0.29, 0.717) is 23.3 Å². The summed E-state index contributed by atoms with van der Waals surface area (Å²) >= 11 is 0. The molecule has 0 aliphatic carbocycles. The van der Waals surface area contributed by atoms with Gasteiger partial charge in [-0.2, -0.15) is 4.98 Å². The molecule has 0 unspecified atom stereocenters. The van der Waals surface area contributed by atoms with E-state index in [1.165, 1.54) is 6.92 Å². The van der Waals surface area contributed by atoms with Crippen molar-refractivity contribution in [3.05, 3.63) is 54.9 Å². The Hall–Kier alpha value is -4.01. The van der Waals surface area contributed by atoms with Gasteiger partial charge in [0, 0.05) is 13.1 Å². The molecule has 4 rings (SSSR count). The number of anilines is 6. The number of benzene rings is 1. The Morgan fingerprint density at radius 1 is 1.14 bits per heavy atom. The Morgan fingerprint density at radius 2 is 2.00 bits per heavy atom. The van der Waals surface area contributed by atoms with Crippen molar-refractivity contribution in [3.8, 4) is 0 Å². The molecule has 1 aromatic carbocycles. The van der Waals surface area contributed by atoms with Crippen LogP contribution in [0.1, 0.15) is 6.92 Å². The molecule has 9 heteroatoms. The molecule has 0 fully saturated rings. The second-order valence-electron chi connectivity index (χ2n) is 6.13. The van der Waals surface area contributed by atoms with Crippen molar-refractivity contribution in [1.29, 1.82) is 0 Å². The second kappa shape index (κ2) is 7.31. The van der Waals surface area contributed by atoms with Gasteiger partial charge in [0.2, 0.25) is 17.8 Å². The van der Waals surface area contributed by atoms with Gasteiger partial charge in [-0.05, 0) is 30.3 Å². The molecule has 0 spiro atoms. The van der Waals surface area contributed by atoms with Gasteiger partial charge in [0.1, 0.15) is 18.2 Å².